The highest BCUT2D eigenvalue weighted by atomic mass is 35.5. The second-order valence-electron chi connectivity index (χ2n) is 5.83. The number of hydrogen-bond acceptors (Lipinski definition) is 3. The molecule has 2 atom stereocenters. The van der Waals surface area contributed by atoms with Gasteiger partial charge in [-0.1, -0.05) is 11.6 Å². The summed E-state index contributed by atoms with van der Waals surface area (Å²) in [4.78, 5) is 2.30. The van der Waals surface area contributed by atoms with Crippen LogP contribution < -0.4 is 10.1 Å². The first kappa shape index (κ1) is 15.0. The van der Waals surface area contributed by atoms with Crippen LogP contribution in [0.5, 0.6) is 5.75 Å². The maximum atomic E-state index is 12.5. The molecule has 0 amide bonds. The molecule has 6 heteroatoms. The number of piperidine rings is 1. The standard InChI is InChI=1S/C15H19ClF2N2O/c16-13-1-2-14(21-15(17)18)11(5-13)8-20-4-3-10-6-19-7-12(10)9-20/h1-2,5,10,12,15,19H,3-4,6-9H2. The van der Waals surface area contributed by atoms with Gasteiger partial charge in [0.1, 0.15) is 5.75 Å². The number of nitrogens with zero attached hydrogens (tertiary/aromatic N) is 1. The Hall–Kier alpha value is -0.910. The molecule has 2 aliphatic heterocycles. The molecule has 116 valence electrons. The zero-order valence-electron chi connectivity index (χ0n) is 11.7. The summed E-state index contributed by atoms with van der Waals surface area (Å²) in [5.41, 5.74) is 0.729. The van der Waals surface area contributed by atoms with E-state index in [4.69, 9.17) is 11.6 Å². The molecule has 0 spiro atoms. The van der Waals surface area contributed by atoms with Gasteiger partial charge in [0.25, 0.3) is 0 Å². The summed E-state index contributed by atoms with van der Waals surface area (Å²) in [5.74, 6) is 1.65. The molecule has 0 bridgehead atoms. The van der Waals surface area contributed by atoms with Gasteiger partial charge in [-0.3, -0.25) is 4.90 Å². The van der Waals surface area contributed by atoms with Crippen molar-refractivity contribution >= 4 is 11.6 Å². The molecule has 0 aromatic heterocycles. The normalized spacial score (nSPS) is 26.1. The van der Waals surface area contributed by atoms with Crippen LogP contribution in [0.4, 0.5) is 8.78 Å². The minimum atomic E-state index is -2.81. The number of likely N-dealkylation sites (tertiary alicyclic amines) is 1. The van der Waals surface area contributed by atoms with E-state index >= 15 is 0 Å². The first-order valence-electron chi connectivity index (χ1n) is 7.28. The van der Waals surface area contributed by atoms with Gasteiger partial charge in [0, 0.05) is 23.7 Å². The van der Waals surface area contributed by atoms with Crippen LogP contribution in [0.1, 0.15) is 12.0 Å². The number of fused-ring (bicyclic) bond motifs is 1. The monoisotopic (exact) mass is 316 g/mol. The summed E-state index contributed by atoms with van der Waals surface area (Å²) in [7, 11) is 0. The minimum Gasteiger partial charge on any atom is -0.434 e. The van der Waals surface area contributed by atoms with Crippen LogP contribution in [0.25, 0.3) is 0 Å². The lowest BCUT2D eigenvalue weighted by molar-refractivity contribution is -0.0508. The van der Waals surface area contributed by atoms with Gasteiger partial charge < -0.3 is 10.1 Å². The van der Waals surface area contributed by atoms with Crippen LogP contribution in [-0.2, 0) is 6.54 Å². The van der Waals surface area contributed by atoms with E-state index in [1.165, 1.54) is 6.07 Å². The zero-order chi connectivity index (χ0) is 14.8. The quantitative estimate of drug-likeness (QED) is 0.924. The van der Waals surface area contributed by atoms with Crippen LogP contribution in [0.15, 0.2) is 18.2 Å². The molecule has 2 saturated heterocycles. The van der Waals surface area contributed by atoms with Crippen LogP contribution in [0.3, 0.4) is 0 Å². The van der Waals surface area contributed by atoms with E-state index in [9.17, 15) is 8.78 Å². The van der Waals surface area contributed by atoms with Gasteiger partial charge >= 0.3 is 6.61 Å². The minimum absolute atomic E-state index is 0.223. The van der Waals surface area contributed by atoms with Gasteiger partial charge in [0.15, 0.2) is 0 Å². The molecule has 3 nitrogen and oxygen atoms in total. The highest BCUT2D eigenvalue weighted by molar-refractivity contribution is 6.30. The number of hydrogen-bond donors (Lipinski definition) is 1. The highest BCUT2D eigenvalue weighted by Gasteiger charge is 2.32. The van der Waals surface area contributed by atoms with Gasteiger partial charge in [0.2, 0.25) is 0 Å². The van der Waals surface area contributed by atoms with Crippen molar-refractivity contribution in [2.24, 2.45) is 11.8 Å². The Kier molecular flexibility index (Phi) is 4.62. The maximum absolute atomic E-state index is 12.5. The van der Waals surface area contributed by atoms with Crippen LogP contribution >= 0.6 is 11.6 Å². The van der Waals surface area contributed by atoms with E-state index in [1.807, 2.05) is 0 Å². The molecular weight excluding hydrogens is 298 g/mol. The Morgan fingerprint density at radius 3 is 2.95 bits per heavy atom. The maximum Gasteiger partial charge on any atom is 0.387 e. The highest BCUT2D eigenvalue weighted by Crippen LogP contribution is 2.30. The summed E-state index contributed by atoms with van der Waals surface area (Å²) >= 11 is 5.99. The fourth-order valence-corrected chi connectivity index (χ4v) is 3.57. The predicted octanol–water partition coefficient (Wildman–Crippen LogP) is 2.98. The molecule has 0 aliphatic carbocycles. The molecular formula is C15H19ClF2N2O. The topological polar surface area (TPSA) is 24.5 Å². The van der Waals surface area contributed by atoms with E-state index in [-0.39, 0.29) is 5.75 Å². The van der Waals surface area contributed by atoms with Gasteiger partial charge in [0.05, 0.1) is 0 Å². The lowest BCUT2D eigenvalue weighted by Gasteiger charge is -2.34. The van der Waals surface area contributed by atoms with Crippen LogP contribution in [0.2, 0.25) is 5.02 Å². The molecule has 2 aliphatic rings. The summed E-state index contributed by atoms with van der Waals surface area (Å²) in [5, 5.41) is 3.97. The number of rotatable bonds is 4. The Balaban J connectivity index is 1.70. The number of ether oxygens (including phenoxy) is 1. The fourth-order valence-electron chi connectivity index (χ4n) is 3.38. The van der Waals surface area contributed by atoms with E-state index in [0.29, 0.717) is 17.5 Å². The smallest absolute Gasteiger partial charge is 0.387 e. The molecule has 3 rings (SSSR count). The van der Waals surface area contributed by atoms with E-state index < -0.39 is 6.61 Å². The molecule has 1 aromatic carbocycles. The van der Waals surface area contributed by atoms with Crippen molar-refractivity contribution in [3.63, 3.8) is 0 Å². The molecule has 2 heterocycles. The SMILES string of the molecule is FC(F)Oc1ccc(Cl)cc1CN1CCC2CNCC2C1. The molecule has 1 aromatic rings. The second kappa shape index (κ2) is 6.46. The summed E-state index contributed by atoms with van der Waals surface area (Å²) in [6.07, 6.45) is 1.16. The third-order valence-corrected chi connectivity index (χ3v) is 4.66. The van der Waals surface area contributed by atoms with Gasteiger partial charge in [-0.05, 0) is 56.1 Å². The molecule has 21 heavy (non-hydrogen) atoms. The summed E-state index contributed by atoms with van der Waals surface area (Å²) in [6, 6.07) is 4.82. The van der Waals surface area contributed by atoms with Crippen molar-refractivity contribution in [3.8, 4) is 5.75 Å². The number of halogens is 3. The van der Waals surface area contributed by atoms with E-state index in [2.05, 4.69) is 15.0 Å². The largest absolute Gasteiger partial charge is 0.434 e. The number of alkyl halides is 2. The van der Waals surface area contributed by atoms with Crippen molar-refractivity contribution in [3.05, 3.63) is 28.8 Å². The van der Waals surface area contributed by atoms with Gasteiger partial charge in [-0.2, -0.15) is 8.78 Å². The van der Waals surface area contributed by atoms with Crippen molar-refractivity contribution in [2.75, 3.05) is 26.2 Å². The Morgan fingerprint density at radius 1 is 1.33 bits per heavy atom. The number of nitrogens with one attached hydrogen (secondary N) is 1. The summed E-state index contributed by atoms with van der Waals surface area (Å²) in [6.45, 7) is 1.94. The van der Waals surface area contributed by atoms with E-state index in [1.54, 1.807) is 12.1 Å². The third-order valence-electron chi connectivity index (χ3n) is 4.42. The zero-order valence-corrected chi connectivity index (χ0v) is 12.5. The van der Waals surface area contributed by atoms with Crippen molar-refractivity contribution in [2.45, 2.75) is 19.6 Å². The molecule has 0 saturated carbocycles. The van der Waals surface area contributed by atoms with Crippen LogP contribution in [0, 0.1) is 11.8 Å². The van der Waals surface area contributed by atoms with Crippen LogP contribution in [-0.4, -0.2) is 37.7 Å². The Labute approximate surface area is 128 Å². The summed E-state index contributed by atoms with van der Waals surface area (Å²) < 4.78 is 29.6. The van der Waals surface area contributed by atoms with Crippen molar-refractivity contribution < 1.29 is 13.5 Å². The lowest BCUT2D eigenvalue weighted by atomic mass is 9.88. The van der Waals surface area contributed by atoms with E-state index in [0.717, 1.165) is 44.1 Å². The molecule has 2 unspecified atom stereocenters. The third kappa shape index (κ3) is 3.65. The molecule has 0 radical (unpaired) electrons. The predicted molar refractivity (Wildman–Crippen MR) is 77.8 cm³/mol. The lowest BCUT2D eigenvalue weighted by Crippen LogP contribution is -2.39. The van der Waals surface area contributed by atoms with Gasteiger partial charge in [-0.25, -0.2) is 0 Å². The first-order chi connectivity index (χ1) is 10.1. The second-order valence-corrected chi connectivity index (χ2v) is 6.27. The average molecular weight is 317 g/mol. The van der Waals surface area contributed by atoms with Crippen molar-refractivity contribution in [1.82, 2.24) is 10.2 Å². The fraction of sp³-hybridized carbons (Fsp3) is 0.600. The number of benzene rings is 1. The Bertz CT molecular complexity index is 501. The average Bonchev–Trinajstić information content (AvgIpc) is 2.89. The molecule has 2 fully saturated rings. The van der Waals surface area contributed by atoms with Gasteiger partial charge in [-0.15, -0.1) is 0 Å². The Morgan fingerprint density at radius 2 is 2.14 bits per heavy atom. The molecule has 1 N–H and O–H groups in total. The first-order valence-corrected chi connectivity index (χ1v) is 7.66. The van der Waals surface area contributed by atoms with Crippen molar-refractivity contribution in [1.29, 1.82) is 0 Å².